The Labute approximate surface area is 159 Å². The molecule has 5 nitrogen and oxygen atoms in total. The van der Waals surface area contributed by atoms with E-state index in [1.54, 1.807) is 22.8 Å². The van der Waals surface area contributed by atoms with Gasteiger partial charge in [0, 0.05) is 23.3 Å². The summed E-state index contributed by atoms with van der Waals surface area (Å²) >= 11 is 2.87. The molecule has 0 radical (unpaired) electrons. The van der Waals surface area contributed by atoms with Gasteiger partial charge in [-0.1, -0.05) is 24.3 Å². The standard InChI is InChI=1S/C19H16N2O3S2/c1-14(22)21(16-6-3-2-4-7-16)19-20-15(13-26-19)12-24-18(23)10-9-17-8-5-11-25-17/h2-11,13H,12H2,1H3/b10-9+. The molecule has 3 aromatic rings. The molecule has 2 heterocycles. The van der Waals surface area contributed by atoms with Gasteiger partial charge in [0.1, 0.15) is 6.61 Å². The van der Waals surface area contributed by atoms with Crippen molar-refractivity contribution >= 4 is 51.4 Å². The molecule has 7 heteroatoms. The quantitative estimate of drug-likeness (QED) is 0.459. The van der Waals surface area contributed by atoms with Crippen molar-refractivity contribution in [3.05, 3.63) is 69.9 Å². The van der Waals surface area contributed by atoms with E-state index < -0.39 is 5.97 Å². The molecule has 1 amide bonds. The minimum Gasteiger partial charge on any atom is -0.456 e. The third-order valence-corrected chi connectivity index (χ3v) is 5.06. The number of hydrogen-bond acceptors (Lipinski definition) is 6. The highest BCUT2D eigenvalue weighted by molar-refractivity contribution is 7.14. The number of benzene rings is 1. The van der Waals surface area contributed by atoms with Gasteiger partial charge in [-0.3, -0.25) is 9.69 Å². The lowest BCUT2D eigenvalue weighted by Crippen LogP contribution is -2.22. The minimum absolute atomic E-state index is 0.0602. The molecule has 0 saturated heterocycles. The normalized spacial score (nSPS) is 10.8. The summed E-state index contributed by atoms with van der Waals surface area (Å²) in [6.07, 6.45) is 3.11. The maximum Gasteiger partial charge on any atom is 0.331 e. The van der Waals surface area contributed by atoms with Gasteiger partial charge in [-0.15, -0.1) is 22.7 Å². The van der Waals surface area contributed by atoms with E-state index in [1.165, 1.54) is 29.2 Å². The molecule has 0 aliphatic rings. The van der Waals surface area contributed by atoms with E-state index in [0.29, 0.717) is 10.8 Å². The van der Waals surface area contributed by atoms with Crippen LogP contribution in [-0.2, 0) is 20.9 Å². The van der Waals surface area contributed by atoms with Gasteiger partial charge in [0.2, 0.25) is 5.91 Å². The van der Waals surface area contributed by atoms with Crippen molar-refractivity contribution in [3.63, 3.8) is 0 Å². The van der Waals surface area contributed by atoms with Gasteiger partial charge in [-0.25, -0.2) is 9.78 Å². The lowest BCUT2D eigenvalue weighted by Gasteiger charge is -2.17. The molecular weight excluding hydrogens is 368 g/mol. The molecule has 0 spiro atoms. The van der Waals surface area contributed by atoms with Crippen molar-refractivity contribution in [2.24, 2.45) is 0 Å². The van der Waals surface area contributed by atoms with Gasteiger partial charge in [0.25, 0.3) is 0 Å². The van der Waals surface area contributed by atoms with E-state index in [4.69, 9.17) is 4.74 Å². The first-order chi connectivity index (χ1) is 12.6. The first kappa shape index (κ1) is 18.0. The van der Waals surface area contributed by atoms with Crippen LogP contribution in [0.4, 0.5) is 10.8 Å². The number of carbonyl (C=O) groups excluding carboxylic acids is 2. The third kappa shape index (κ3) is 4.65. The van der Waals surface area contributed by atoms with Crippen LogP contribution >= 0.6 is 22.7 Å². The first-order valence-electron chi connectivity index (χ1n) is 7.82. The van der Waals surface area contributed by atoms with E-state index in [-0.39, 0.29) is 12.5 Å². The summed E-state index contributed by atoms with van der Waals surface area (Å²) in [5.41, 5.74) is 1.35. The van der Waals surface area contributed by atoms with Crippen molar-refractivity contribution in [1.29, 1.82) is 0 Å². The molecule has 0 atom stereocenters. The van der Waals surface area contributed by atoms with E-state index in [1.807, 2.05) is 47.8 Å². The third-order valence-electron chi connectivity index (χ3n) is 3.35. The maximum absolute atomic E-state index is 12.0. The molecule has 0 fully saturated rings. The number of carbonyl (C=O) groups is 2. The van der Waals surface area contributed by atoms with Crippen molar-refractivity contribution in [1.82, 2.24) is 4.98 Å². The van der Waals surface area contributed by atoms with Crippen LogP contribution in [0.1, 0.15) is 17.5 Å². The molecule has 1 aromatic carbocycles. The number of nitrogens with zero attached hydrogens (tertiary/aromatic N) is 2. The van der Waals surface area contributed by atoms with Gasteiger partial charge in [-0.05, 0) is 29.7 Å². The number of esters is 1. The highest BCUT2D eigenvalue weighted by atomic mass is 32.1. The fourth-order valence-electron chi connectivity index (χ4n) is 2.20. The van der Waals surface area contributed by atoms with Crippen molar-refractivity contribution in [3.8, 4) is 0 Å². The summed E-state index contributed by atoms with van der Waals surface area (Å²) in [5, 5.41) is 4.27. The van der Waals surface area contributed by atoms with E-state index in [0.717, 1.165) is 10.6 Å². The second kappa shape index (κ2) is 8.55. The Hall–Kier alpha value is -2.77. The van der Waals surface area contributed by atoms with E-state index >= 15 is 0 Å². The number of aromatic nitrogens is 1. The van der Waals surface area contributed by atoms with Crippen LogP contribution in [0.25, 0.3) is 6.08 Å². The summed E-state index contributed by atoms with van der Waals surface area (Å²) in [5.74, 6) is -0.563. The van der Waals surface area contributed by atoms with Crippen LogP contribution in [0.15, 0.2) is 59.3 Å². The van der Waals surface area contributed by atoms with Crippen LogP contribution in [-0.4, -0.2) is 16.9 Å². The number of para-hydroxylation sites is 1. The van der Waals surface area contributed by atoms with Crippen molar-refractivity contribution < 1.29 is 14.3 Å². The van der Waals surface area contributed by atoms with Gasteiger partial charge in [0.15, 0.2) is 5.13 Å². The molecule has 0 aliphatic carbocycles. The summed E-state index contributed by atoms with van der Waals surface area (Å²) in [6.45, 7) is 1.55. The van der Waals surface area contributed by atoms with Gasteiger partial charge >= 0.3 is 5.97 Å². The first-order valence-corrected chi connectivity index (χ1v) is 9.58. The van der Waals surface area contributed by atoms with Crippen LogP contribution in [0, 0.1) is 0 Å². The van der Waals surface area contributed by atoms with Gasteiger partial charge in [0.05, 0.1) is 11.4 Å². The average molecular weight is 384 g/mol. The molecular formula is C19H16N2O3S2. The molecule has 3 rings (SSSR count). The second-order valence-corrected chi connectivity index (χ2v) is 7.08. The Kier molecular flexibility index (Phi) is 5.93. The zero-order valence-electron chi connectivity index (χ0n) is 14.0. The van der Waals surface area contributed by atoms with Crippen LogP contribution < -0.4 is 4.90 Å². The van der Waals surface area contributed by atoms with Crippen molar-refractivity contribution in [2.75, 3.05) is 4.90 Å². The molecule has 132 valence electrons. The Morgan fingerprint density at radius 1 is 1.15 bits per heavy atom. The van der Waals surface area contributed by atoms with E-state index in [9.17, 15) is 9.59 Å². The molecule has 0 saturated carbocycles. The Morgan fingerprint density at radius 3 is 2.65 bits per heavy atom. The Balaban J connectivity index is 1.63. The van der Waals surface area contributed by atoms with Crippen LogP contribution in [0.5, 0.6) is 0 Å². The average Bonchev–Trinajstić information content (AvgIpc) is 3.31. The minimum atomic E-state index is -0.431. The number of rotatable bonds is 6. The highest BCUT2D eigenvalue weighted by Crippen LogP contribution is 2.28. The summed E-state index contributed by atoms with van der Waals surface area (Å²) in [7, 11) is 0. The predicted molar refractivity (Wildman–Crippen MR) is 105 cm³/mol. The number of ether oxygens (including phenoxy) is 1. The summed E-state index contributed by atoms with van der Waals surface area (Å²) < 4.78 is 5.21. The van der Waals surface area contributed by atoms with Crippen molar-refractivity contribution in [2.45, 2.75) is 13.5 Å². The Morgan fingerprint density at radius 2 is 1.96 bits per heavy atom. The maximum atomic E-state index is 12.0. The topological polar surface area (TPSA) is 59.5 Å². The number of hydrogen-bond donors (Lipinski definition) is 0. The Bertz CT molecular complexity index is 902. The predicted octanol–water partition coefficient (Wildman–Crippen LogP) is 4.65. The lowest BCUT2D eigenvalue weighted by atomic mass is 10.3. The number of thiophene rings is 1. The zero-order chi connectivity index (χ0) is 18.4. The summed E-state index contributed by atoms with van der Waals surface area (Å²) in [4.78, 5) is 30.7. The SMILES string of the molecule is CC(=O)N(c1ccccc1)c1nc(COC(=O)/C=C/c2cccs2)cs1. The number of amides is 1. The highest BCUT2D eigenvalue weighted by Gasteiger charge is 2.17. The molecule has 0 bridgehead atoms. The molecule has 0 aliphatic heterocycles. The van der Waals surface area contributed by atoms with E-state index in [2.05, 4.69) is 4.98 Å². The van der Waals surface area contributed by atoms with Crippen LogP contribution in [0.2, 0.25) is 0 Å². The van der Waals surface area contributed by atoms with Crippen LogP contribution in [0.3, 0.4) is 0 Å². The fourth-order valence-corrected chi connectivity index (χ4v) is 3.69. The second-order valence-electron chi connectivity index (χ2n) is 5.27. The molecule has 0 N–H and O–H groups in total. The molecule has 26 heavy (non-hydrogen) atoms. The lowest BCUT2D eigenvalue weighted by molar-refractivity contribution is -0.139. The molecule has 0 unspecified atom stereocenters. The number of thiazole rings is 1. The molecule has 2 aromatic heterocycles. The number of anilines is 2. The fraction of sp³-hybridized carbons (Fsp3) is 0.105. The summed E-state index contributed by atoms with van der Waals surface area (Å²) in [6, 6.07) is 13.1. The zero-order valence-corrected chi connectivity index (χ0v) is 15.6. The van der Waals surface area contributed by atoms with Gasteiger partial charge < -0.3 is 4.74 Å². The smallest absolute Gasteiger partial charge is 0.331 e. The largest absolute Gasteiger partial charge is 0.456 e. The monoisotopic (exact) mass is 384 g/mol. The van der Waals surface area contributed by atoms with Gasteiger partial charge in [-0.2, -0.15) is 0 Å².